The Morgan fingerprint density at radius 1 is 1.08 bits per heavy atom. The Hall–Kier alpha value is -2.80. The van der Waals surface area contributed by atoms with Crippen LogP contribution >= 0.6 is 15.9 Å². The maximum atomic E-state index is 12.6. The van der Waals surface area contributed by atoms with Crippen LogP contribution < -0.4 is 5.32 Å². The average molecular weight is 400 g/mol. The van der Waals surface area contributed by atoms with Crippen molar-refractivity contribution in [2.75, 3.05) is 0 Å². The number of carboxylic acids is 1. The largest absolute Gasteiger partial charge is 0.480 e. The molecule has 2 N–H and O–H groups in total. The topological polar surface area (TPSA) is 92.2 Å². The van der Waals surface area contributed by atoms with Crippen LogP contribution in [0, 0.1) is 0 Å². The summed E-state index contributed by atoms with van der Waals surface area (Å²) in [6.07, 6.45) is 3.32. The molecule has 0 fully saturated rings. The van der Waals surface area contributed by atoms with Gasteiger partial charge >= 0.3 is 5.97 Å². The van der Waals surface area contributed by atoms with Gasteiger partial charge in [-0.1, -0.05) is 24.3 Å². The Labute approximate surface area is 152 Å². The lowest BCUT2D eigenvalue weighted by Gasteiger charge is -2.15. The van der Waals surface area contributed by atoms with Crippen molar-refractivity contribution < 1.29 is 14.7 Å². The summed E-state index contributed by atoms with van der Waals surface area (Å²) in [6.45, 7) is 0. The molecule has 2 heterocycles. The highest BCUT2D eigenvalue weighted by Crippen LogP contribution is 2.17. The predicted molar refractivity (Wildman–Crippen MR) is 96.3 cm³/mol. The summed E-state index contributed by atoms with van der Waals surface area (Å²) in [5.41, 5.74) is 1.58. The molecule has 3 aromatic rings. The normalized spacial score (nSPS) is 11.9. The van der Waals surface area contributed by atoms with Gasteiger partial charge in [0.15, 0.2) is 0 Å². The van der Waals surface area contributed by atoms with E-state index >= 15 is 0 Å². The fourth-order valence-electron chi connectivity index (χ4n) is 2.52. The van der Waals surface area contributed by atoms with Gasteiger partial charge in [-0.25, -0.2) is 9.78 Å². The van der Waals surface area contributed by atoms with Gasteiger partial charge in [-0.2, -0.15) is 0 Å². The van der Waals surface area contributed by atoms with Crippen molar-refractivity contribution >= 4 is 38.7 Å². The molecule has 0 unspecified atom stereocenters. The Bertz CT molecular complexity index is 940. The second-order valence-electron chi connectivity index (χ2n) is 5.40. The van der Waals surface area contributed by atoms with Crippen LogP contribution in [0.1, 0.15) is 15.9 Å². The molecule has 1 atom stereocenters. The smallest absolute Gasteiger partial charge is 0.326 e. The number of fused-ring (bicyclic) bond motifs is 1. The van der Waals surface area contributed by atoms with E-state index in [9.17, 15) is 14.7 Å². The van der Waals surface area contributed by atoms with E-state index in [1.807, 2.05) is 12.1 Å². The molecule has 3 rings (SSSR count). The van der Waals surface area contributed by atoms with Crippen molar-refractivity contribution in [2.45, 2.75) is 12.5 Å². The Morgan fingerprint density at radius 3 is 2.56 bits per heavy atom. The monoisotopic (exact) mass is 399 g/mol. The van der Waals surface area contributed by atoms with Gasteiger partial charge in [0.2, 0.25) is 0 Å². The molecule has 1 aromatic carbocycles. The van der Waals surface area contributed by atoms with E-state index in [4.69, 9.17) is 0 Å². The molecule has 0 aliphatic carbocycles. The molecule has 0 saturated heterocycles. The van der Waals surface area contributed by atoms with Crippen LogP contribution in [0.5, 0.6) is 0 Å². The first kappa shape index (κ1) is 17.0. The number of amides is 1. The lowest BCUT2D eigenvalue weighted by molar-refractivity contribution is -0.139. The lowest BCUT2D eigenvalue weighted by atomic mass is 10.1. The second-order valence-corrected chi connectivity index (χ2v) is 6.15. The van der Waals surface area contributed by atoms with Crippen molar-refractivity contribution in [2.24, 2.45) is 0 Å². The molecule has 6 nitrogen and oxygen atoms in total. The number of hydrogen-bond acceptors (Lipinski definition) is 4. The van der Waals surface area contributed by atoms with Crippen LogP contribution in [0.3, 0.4) is 0 Å². The van der Waals surface area contributed by atoms with Gasteiger partial charge in [-0.15, -0.1) is 0 Å². The summed E-state index contributed by atoms with van der Waals surface area (Å²) in [6, 6.07) is 11.3. The molecule has 0 saturated carbocycles. The van der Waals surface area contributed by atoms with Gasteiger partial charge < -0.3 is 10.4 Å². The van der Waals surface area contributed by atoms with E-state index in [-0.39, 0.29) is 6.42 Å². The van der Waals surface area contributed by atoms with Crippen molar-refractivity contribution in [3.63, 3.8) is 0 Å². The summed E-state index contributed by atoms with van der Waals surface area (Å²) in [5, 5.41) is 12.9. The van der Waals surface area contributed by atoms with E-state index < -0.39 is 17.9 Å². The van der Waals surface area contributed by atoms with Crippen molar-refractivity contribution in [1.82, 2.24) is 15.3 Å². The Balaban J connectivity index is 1.86. The molecule has 25 heavy (non-hydrogen) atoms. The fourth-order valence-corrected chi connectivity index (χ4v) is 2.93. The van der Waals surface area contributed by atoms with Gasteiger partial charge in [0.25, 0.3) is 5.91 Å². The molecular formula is C18H14BrN3O3. The summed E-state index contributed by atoms with van der Waals surface area (Å²) in [4.78, 5) is 32.5. The van der Waals surface area contributed by atoms with Gasteiger partial charge in [0, 0.05) is 24.2 Å². The number of para-hydroxylation sites is 1. The van der Waals surface area contributed by atoms with E-state index in [0.29, 0.717) is 21.2 Å². The number of nitrogens with one attached hydrogen (secondary N) is 1. The summed E-state index contributed by atoms with van der Waals surface area (Å²) < 4.78 is 0.558. The first-order valence-electron chi connectivity index (χ1n) is 7.53. The second kappa shape index (κ2) is 7.40. The minimum absolute atomic E-state index is 0.119. The Kier molecular flexibility index (Phi) is 5.04. The average Bonchev–Trinajstić information content (AvgIpc) is 2.62. The molecule has 0 spiro atoms. The van der Waals surface area contributed by atoms with Gasteiger partial charge in [0.05, 0.1) is 11.1 Å². The fraction of sp³-hybridized carbons (Fsp3) is 0.111. The molecule has 0 aliphatic heterocycles. The number of hydrogen-bond donors (Lipinski definition) is 2. The van der Waals surface area contributed by atoms with Gasteiger partial charge in [-0.05, 0) is 39.7 Å². The molecule has 0 aliphatic rings. The van der Waals surface area contributed by atoms with E-state index in [1.165, 1.54) is 0 Å². The molecular weight excluding hydrogens is 386 g/mol. The number of halogens is 1. The third kappa shape index (κ3) is 3.83. The quantitative estimate of drug-likeness (QED) is 0.643. The highest BCUT2D eigenvalue weighted by Gasteiger charge is 2.23. The van der Waals surface area contributed by atoms with Crippen LogP contribution in [0.25, 0.3) is 10.9 Å². The van der Waals surface area contributed by atoms with Gasteiger partial charge in [0.1, 0.15) is 10.6 Å². The number of carbonyl (C=O) groups excluding carboxylic acids is 1. The lowest BCUT2D eigenvalue weighted by Crippen LogP contribution is -2.42. The minimum atomic E-state index is -1.11. The number of benzene rings is 1. The number of carboxylic acid groups (broad SMARTS) is 1. The van der Waals surface area contributed by atoms with Crippen molar-refractivity contribution in [3.05, 3.63) is 70.6 Å². The first-order valence-corrected chi connectivity index (χ1v) is 8.32. The van der Waals surface area contributed by atoms with Crippen molar-refractivity contribution in [3.8, 4) is 0 Å². The van der Waals surface area contributed by atoms with E-state index in [2.05, 4.69) is 31.2 Å². The molecule has 2 aromatic heterocycles. The Morgan fingerprint density at radius 2 is 1.80 bits per heavy atom. The maximum Gasteiger partial charge on any atom is 0.326 e. The zero-order valence-corrected chi connectivity index (χ0v) is 14.6. The van der Waals surface area contributed by atoms with Crippen LogP contribution in [0.2, 0.25) is 0 Å². The van der Waals surface area contributed by atoms with Crippen molar-refractivity contribution in [1.29, 1.82) is 0 Å². The summed E-state index contributed by atoms with van der Waals surface area (Å²) in [7, 11) is 0. The molecule has 1 amide bonds. The molecule has 0 radical (unpaired) electrons. The number of pyridine rings is 2. The third-order valence-electron chi connectivity index (χ3n) is 3.74. The van der Waals surface area contributed by atoms with Crippen LogP contribution in [0.4, 0.5) is 0 Å². The number of rotatable bonds is 5. The number of nitrogens with zero attached hydrogens (tertiary/aromatic N) is 2. The SMILES string of the molecule is O=C(N[C@H](Cc1cccnc1Br)C(=O)O)c1cccc2cccnc12. The van der Waals surface area contributed by atoms with E-state index in [0.717, 1.165) is 5.39 Å². The van der Waals surface area contributed by atoms with E-state index in [1.54, 1.807) is 42.7 Å². The van der Waals surface area contributed by atoms with Crippen LogP contribution in [-0.4, -0.2) is 33.0 Å². The first-order chi connectivity index (χ1) is 12.1. The van der Waals surface area contributed by atoms with Crippen LogP contribution in [0.15, 0.2) is 59.5 Å². The molecule has 7 heteroatoms. The summed E-state index contributed by atoms with van der Waals surface area (Å²) in [5.74, 6) is -1.59. The predicted octanol–water partition coefficient (Wildman–Crippen LogP) is 2.82. The molecule has 0 bridgehead atoms. The minimum Gasteiger partial charge on any atom is -0.480 e. The highest BCUT2D eigenvalue weighted by molar-refractivity contribution is 9.10. The highest BCUT2D eigenvalue weighted by atomic mass is 79.9. The van der Waals surface area contributed by atoms with Crippen LogP contribution in [-0.2, 0) is 11.2 Å². The zero-order valence-electron chi connectivity index (χ0n) is 13.0. The number of aliphatic carboxylic acids is 1. The number of carbonyl (C=O) groups is 2. The van der Waals surface area contributed by atoms with Gasteiger partial charge in [-0.3, -0.25) is 9.78 Å². The summed E-state index contributed by atoms with van der Waals surface area (Å²) >= 11 is 3.29. The third-order valence-corrected chi connectivity index (χ3v) is 4.46. The maximum absolute atomic E-state index is 12.6. The zero-order chi connectivity index (χ0) is 17.8. The number of aromatic nitrogens is 2. The standard InChI is InChI=1S/C18H14BrN3O3/c19-16-12(6-3-9-21-16)10-14(18(24)25)22-17(23)13-7-1-4-11-5-2-8-20-15(11)13/h1-9,14H,10H2,(H,22,23)(H,24,25)/t14-/m1/s1. The molecule has 126 valence electrons.